The average Bonchev–Trinajstić information content (AvgIpc) is 3.19. The number of ether oxygens (including phenoxy) is 1. The zero-order valence-electron chi connectivity index (χ0n) is 18.1. The molecule has 1 aromatic carbocycles. The molecule has 0 bridgehead atoms. The van der Waals surface area contributed by atoms with Crippen molar-refractivity contribution in [3.63, 3.8) is 0 Å². The van der Waals surface area contributed by atoms with Crippen molar-refractivity contribution in [2.24, 2.45) is 0 Å². The Balaban J connectivity index is 1.77. The molecule has 0 saturated carbocycles. The molecule has 36 heavy (non-hydrogen) atoms. The zero-order valence-corrected chi connectivity index (χ0v) is 18.1. The number of rotatable bonds is 3. The van der Waals surface area contributed by atoms with Gasteiger partial charge >= 0.3 is 18.3 Å². The van der Waals surface area contributed by atoms with Gasteiger partial charge in [0.25, 0.3) is 0 Å². The number of guanidine groups is 2. The Bertz CT molecular complexity index is 1130. The second-order valence-electron chi connectivity index (χ2n) is 8.59. The number of carbonyl (C=O) groups excluding carboxylic acids is 1. The molecule has 1 unspecified atom stereocenters. The maximum Gasteiger partial charge on any atom is 0.417 e. The van der Waals surface area contributed by atoms with Gasteiger partial charge in [-0.05, 0) is 25.1 Å². The van der Waals surface area contributed by atoms with Gasteiger partial charge in [-0.1, -0.05) is 0 Å². The van der Waals surface area contributed by atoms with Gasteiger partial charge in [0.05, 0.1) is 41.4 Å². The fourth-order valence-corrected chi connectivity index (χ4v) is 5.03. The Kier molecular flexibility index (Phi) is 5.62. The van der Waals surface area contributed by atoms with E-state index in [1.165, 1.54) is 6.92 Å². The van der Waals surface area contributed by atoms with E-state index in [1.54, 1.807) is 0 Å². The number of aliphatic hydroxyl groups excluding tert-OH is 1. The second-order valence-corrected chi connectivity index (χ2v) is 8.59. The van der Waals surface area contributed by atoms with Gasteiger partial charge < -0.3 is 40.9 Å². The van der Waals surface area contributed by atoms with Crippen LogP contribution < -0.4 is 16.0 Å². The number of nitrogens with one attached hydrogen (secondary N) is 5. The van der Waals surface area contributed by atoms with Crippen LogP contribution in [0, 0.1) is 10.8 Å². The number of halogens is 6. The van der Waals surface area contributed by atoms with Crippen LogP contribution >= 0.6 is 0 Å². The molecule has 3 aliphatic heterocycles. The number of aliphatic hydroxyl groups is 3. The van der Waals surface area contributed by atoms with E-state index in [0.29, 0.717) is 0 Å². The number of esters is 1. The first-order chi connectivity index (χ1) is 16.5. The van der Waals surface area contributed by atoms with E-state index in [0.717, 1.165) is 4.90 Å². The van der Waals surface area contributed by atoms with Crippen LogP contribution in [0.25, 0.3) is 0 Å². The Morgan fingerprint density at radius 1 is 1.14 bits per heavy atom. The summed E-state index contributed by atoms with van der Waals surface area (Å²) in [6.45, 7) is 0.569. The lowest BCUT2D eigenvalue weighted by atomic mass is 9.85. The summed E-state index contributed by atoms with van der Waals surface area (Å²) in [7, 11) is 0. The molecule has 17 heteroatoms. The van der Waals surface area contributed by atoms with E-state index in [1.807, 2.05) is 0 Å². The van der Waals surface area contributed by atoms with Crippen LogP contribution in [-0.4, -0.2) is 80.4 Å². The van der Waals surface area contributed by atoms with Crippen molar-refractivity contribution in [2.75, 3.05) is 6.61 Å². The van der Waals surface area contributed by atoms with E-state index in [4.69, 9.17) is 15.6 Å². The number of hydrogen-bond acceptors (Lipinski definition) is 7. The van der Waals surface area contributed by atoms with Crippen LogP contribution in [0.2, 0.25) is 0 Å². The molecular formula is C19H20F6N6O5. The average molecular weight is 526 g/mol. The van der Waals surface area contributed by atoms with Crippen LogP contribution in [0.3, 0.4) is 0 Å². The molecule has 0 amide bonds. The molecule has 1 spiro atoms. The maximum absolute atomic E-state index is 13.5. The molecule has 3 aliphatic rings. The van der Waals surface area contributed by atoms with Crippen molar-refractivity contribution < 1.29 is 51.2 Å². The highest BCUT2D eigenvalue weighted by Crippen LogP contribution is 2.47. The van der Waals surface area contributed by atoms with Gasteiger partial charge in [0.2, 0.25) is 5.79 Å². The lowest BCUT2D eigenvalue weighted by Crippen LogP contribution is -2.81. The highest BCUT2D eigenvalue weighted by molar-refractivity contribution is 5.92. The fraction of sp³-hybridized carbons (Fsp3) is 0.526. The van der Waals surface area contributed by atoms with Crippen LogP contribution in [0.5, 0.6) is 0 Å². The standard InChI is InChI=1S/C19H20F6N6O5/c1-6-12(36-13(33)8-4-7(18(20,21)22)2-3-9(8)19(23,24)25)17(34,35)16-11(29-14(26)30-16)10(5-32)28-15(27)31(6)16/h2-4,6,10-12,32,34-35H,5H2,1H3,(H2,27,28)(H3,26,29,30)/t6-,10-,11?,12-,16-/m0/s1. The molecule has 0 radical (unpaired) electrons. The van der Waals surface area contributed by atoms with Gasteiger partial charge in [-0.15, -0.1) is 0 Å². The van der Waals surface area contributed by atoms with Crippen LogP contribution in [0.1, 0.15) is 28.4 Å². The summed E-state index contributed by atoms with van der Waals surface area (Å²) in [5.41, 5.74) is -7.03. The molecule has 0 aliphatic carbocycles. The summed E-state index contributed by atoms with van der Waals surface area (Å²) in [5, 5.41) is 55.7. The van der Waals surface area contributed by atoms with E-state index in [2.05, 4.69) is 16.0 Å². The lowest BCUT2D eigenvalue weighted by molar-refractivity contribution is -0.259. The molecule has 8 N–H and O–H groups in total. The smallest absolute Gasteiger partial charge is 0.417 e. The fourth-order valence-electron chi connectivity index (χ4n) is 5.03. The highest BCUT2D eigenvalue weighted by atomic mass is 19.4. The predicted molar refractivity (Wildman–Crippen MR) is 106 cm³/mol. The molecule has 1 aromatic rings. The summed E-state index contributed by atoms with van der Waals surface area (Å²) >= 11 is 0. The molecule has 198 valence electrons. The molecule has 11 nitrogen and oxygen atoms in total. The van der Waals surface area contributed by atoms with Gasteiger partial charge in [0.15, 0.2) is 23.7 Å². The quantitative estimate of drug-likeness (QED) is 0.150. The first-order valence-electron chi connectivity index (χ1n) is 10.3. The van der Waals surface area contributed by atoms with Crippen LogP contribution in [0.4, 0.5) is 26.3 Å². The molecule has 3 saturated heterocycles. The highest BCUT2D eigenvalue weighted by Gasteiger charge is 2.77. The SMILES string of the molecule is C[C@H]1[C@H](OC(=O)c2cc(C(F)(F)F)ccc2C(F)(F)F)C(O)(O)[C@]23NC(=N)NC2[C@H](CO)NC(=N)N13. The Morgan fingerprint density at radius 2 is 1.78 bits per heavy atom. The Hall–Kier alpha value is -3.31. The number of hydrogen-bond donors (Lipinski definition) is 8. The van der Waals surface area contributed by atoms with E-state index < -0.39 is 89.2 Å². The Labute approximate surface area is 198 Å². The van der Waals surface area contributed by atoms with Gasteiger partial charge in [-0.3, -0.25) is 10.8 Å². The minimum atomic E-state index is -5.25. The van der Waals surface area contributed by atoms with Crippen molar-refractivity contribution in [1.82, 2.24) is 20.9 Å². The van der Waals surface area contributed by atoms with Gasteiger partial charge in [-0.2, -0.15) is 26.3 Å². The summed E-state index contributed by atoms with van der Waals surface area (Å²) < 4.78 is 84.8. The minimum absolute atomic E-state index is 0.0495. The third-order valence-electron chi connectivity index (χ3n) is 6.52. The summed E-state index contributed by atoms with van der Waals surface area (Å²) in [6.07, 6.45) is -12.5. The van der Waals surface area contributed by atoms with E-state index in [-0.39, 0.29) is 18.2 Å². The van der Waals surface area contributed by atoms with E-state index >= 15 is 0 Å². The van der Waals surface area contributed by atoms with E-state index in [9.17, 15) is 46.5 Å². The molecule has 5 atom stereocenters. The third kappa shape index (κ3) is 3.52. The largest absolute Gasteiger partial charge is 0.451 e. The minimum Gasteiger partial charge on any atom is -0.451 e. The maximum atomic E-state index is 13.5. The molecule has 4 rings (SSSR count). The van der Waals surface area contributed by atoms with Crippen molar-refractivity contribution in [3.05, 3.63) is 34.9 Å². The summed E-state index contributed by atoms with van der Waals surface area (Å²) in [4.78, 5) is 13.8. The van der Waals surface area contributed by atoms with Gasteiger partial charge in [0, 0.05) is 0 Å². The van der Waals surface area contributed by atoms with Crippen molar-refractivity contribution in [3.8, 4) is 0 Å². The number of nitrogens with zero attached hydrogens (tertiary/aromatic N) is 1. The summed E-state index contributed by atoms with van der Waals surface area (Å²) in [6, 6.07) is -3.49. The number of benzene rings is 1. The molecule has 3 heterocycles. The second kappa shape index (κ2) is 7.84. The van der Waals surface area contributed by atoms with Crippen molar-refractivity contribution in [2.45, 2.75) is 55.0 Å². The monoisotopic (exact) mass is 526 g/mol. The lowest BCUT2D eigenvalue weighted by Gasteiger charge is -2.51. The van der Waals surface area contributed by atoms with Crippen LogP contribution in [0.15, 0.2) is 18.2 Å². The topological polar surface area (TPSA) is 174 Å². The molecule has 3 fully saturated rings. The first kappa shape index (κ1) is 25.8. The van der Waals surface area contributed by atoms with Gasteiger partial charge in [-0.25, -0.2) is 4.79 Å². The van der Waals surface area contributed by atoms with Crippen molar-refractivity contribution >= 4 is 17.9 Å². The normalized spacial score (nSPS) is 31.2. The number of carbonyl (C=O) groups is 1. The van der Waals surface area contributed by atoms with Gasteiger partial charge in [0.1, 0.15) is 0 Å². The van der Waals surface area contributed by atoms with Crippen molar-refractivity contribution in [1.29, 1.82) is 10.8 Å². The van der Waals surface area contributed by atoms with Crippen LogP contribution in [-0.2, 0) is 17.1 Å². The number of alkyl halides is 6. The first-order valence-corrected chi connectivity index (χ1v) is 10.3. The Morgan fingerprint density at radius 3 is 2.33 bits per heavy atom. The predicted octanol–water partition coefficient (Wildman–Crippen LogP) is -0.274. The molecular weight excluding hydrogens is 506 g/mol. The summed E-state index contributed by atoms with van der Waals surface area (Å²) in [5.74, 6) is -6.12. The zero-order chi connectivity index (χ0) is 27.0. The molecule has 0 aromatic heterocycles. The third-order valence-corrected chi connectivity index (χ3v) is 6.52.